The van der Waals surface area contributed by atoms with E-state index in [2.05, 4.69) is 38.6 Å². The van der Waals surface area contributed by atoms with E-state index in [0.29, 0.717) is 31.9 Å². The number of fused-ring (bicyclic) bond motifs is 1. The van der Waals surface area contributed by atoms with Crippen LogP contribution in [-0.4, -0.2) is 70.8 Å². The summed E-state index contributed by atoms with van der Waals surface area (Å²) in [6, 6.07) is 11.0. The highest BCUT2D eigenvalue weighted by Gasteiger charge is 2.32. The van der Waals surface area contributed by atoms with Gasteiger partial charge in [0.15, 0.2) is 0 Å². The molecule has 1 N–H and O–H groups in total. The Morgan fingerprint density at radius 3 is 2.53 bits per heavy atom. The number of benzene rings is 1. The number of hydrogen-bond donors (Lipinski definition) is 1. The number of piperidine rings is 1. The molecule has 0 bridgehead atoms. The number of hydrogen-bond acceptors (Lipinski definition) is 6. The van der Waals surface area contributed by atoms with Crippen LogP contribution in [0, 0.1) is 5.92 Å². The lowest BCUT2D eigenvalue weighted by atomic mass is 9.97. The van der Waals surface area contributed by atoms with Gasteiger partial charge < -0.3 is 9.47 Å². The molecule has 0 aliphatic carbocycles. The summed E-state index contributed by atoms with van der Waals surface area (Å²) >= 11 is 0. The lowest BCUT2D eigenvalue weighted by Crippen LogP contribution is -2.41. The molecule has 4 rings (SSSR count). The zero-order chi connectivity index (χ0) is 24.1. The Labute approximate surface area is 200 Å². The smallest absolute Gasteiger partial charge is 0.244 e. The molecule has 9 nitrogen and oxygen atoms in total. The molecule has 1 aliphatic heterocycles. The highest BCUT2D eigenvalue weighted by atomic mass is 32.2. The van der Waals surface area contributed by atoms with Crippen LogP contribution in [0.5, 0.6) is 0 Å². The first kappa shape index (κ1) is 24.3. The molecule has 0 unspecified atom stereocenters. The molecule has 1 amide bonds. The Balaban J connectivity index is 1.44. The van der Waals surface area contributed by atoms with Crippen molar-refractivity contribution < 1.29 is 13.2 Å². The Morgan fingerprint density at radius 2 is 1.85 bits per heavy atom. The third-order valence-corrected chi connectivity index (χ3v) is 8.40. The van der Waals surface area contributed by atoms with Crippen molar-refractivity contribution in [2.45, 2.75) is 38.1 Å². The monoisotopic (exact) mass is 484 g/mol. The second-order valence-corrected chi connectivity index (χ2v) is 10.4. The molecule has 1 fully saturated rings. The summed E-state index contributed by atoms with van der Waals surface area (Å²) in [5.41, 5.74) is 1.83. The number of aromatic nitrogens is 3. The van der Waals surface area contributed by atoms with Gasteiger partial charge in [-0.25, -0.2) is 13.4 Å². The van der Waals surface area contributed by atoms with Crippen molar-refractivity contribution in [3.05, 3.63) is 48.8 Å². The molecule has 1 aliphatic rings. The fourth-order valence-corrected chi connectivity index (χ4v) is 5.83. The van der Waals surface area contributed by atoms with E-state index >= 15 is 0 Å². The topological polar surface area (TPSA) is 100 Å². The predicted molar refractivity (Wildman–Crippen MR) is 132 cm³/mol. The lowest BCUT2D eigenvalue weighted by molar-refractivity contribution is -0.121. The van der Waals surface area contributed by atoms with Gasteiger partial charge in [0.05, 0.1) is 11.0 Å². The number of para-hydroxylation sites is 2. The summed E-state index contributed by atoms with van der Waals surface area (Å²) in [5.74, 6) is 0.165. The summed E-state index contributed by atoms with van der Waals surface area (Å²) < 4.78 is 29.2. The minimum atomic E-state index is -3.60. The minimum absolute atomic E-state index is 0.113. The first-order valence-electron chi connectivity index (χ1n) is 11.8. The van der Waals surface area contributed by atoms with Crippen LogP contribution < -0.4 is 5.32 Å². The van der Waals surface area contributed by atoms with Crippen LogP contribution in [0.4, 0.5) is 5.95 Å². The maximum Gasteiger partial charge on any atom is 0.244 e. The van der Waals surface area contributed by atoms with Gasteiger partial charge in [0.1, 0.15) is 4.90 Å². The molecule has 3 aromatic rings. The molecule has 10 heteroatoms. The van der Waals surface area contributed by atoms with E-state index in [4.69, 9.17) is 0 Å². The number of sulfonamides is 1. The van der Waals surface area contributed by atoms with Gasteiger partial charge in [-0.05, 0) is 50.2 Å². The predicted octanol–water partition coefficient (Wildman–Crippen LogP) is 2.81. The zero-order valence-corrected chi connectivity index (χ0v) is 20.5. The number of imidazole rings is 1. The number of likely N-dealkylation sites (N-methyl/N-ethyl adjacent to an activating group) is 1. The molecule has 1 saturated heterocycles. The van der Waals surface area contributed by atoms with Gasteiger partial charge in [-0.1, -0.05) is 26.0 Å². The summed E-state index contributed by atoms with van der Waals surface area (Å²) in [5, 5.41) is 3.03. The highest BCUT2D eigenvalue weighted by molar-refractivity contribution is 7.89. The van der Waals surface area contributed by atoms with Crippen LogP contribution in [0.3, 0.4) is 0 Å². The number of nitrogens with zero attached hydrogens (tertiary/aromatic N) is 5. The van der Waals surface area contributed by atoms with E-state index in [1.54, 1.807) is 18.3 Å². The molecule has 3 heterocycles. The molecule has 0 saturated carbocycles. The quantitative estimate of drug-likeness (QED) is 0.501. The maximum atomic E-state index is 13.1. The molecule has 34 heavy (non-hydrogen) atoms. The molecule has 0 spiro atoms. The Bertz CT molecular complexity index is 1220. The summed E-state index contributed by atoms with van der Waals surface area (Å²) in [7, 11) is -3.60. The first-order chi connectivity index (χ1) is 16.4. The van der Waals surface area contributed by atoms with Gasteiger partial charge >= 0.3 is 0 Å². The van der Waals surface area contributed by atoms with Gasteiger partial charge in [-0.15, -0.1) is 0 Å². The fourth-order valence-electron chi connectivity index (χ4n) is 4.40. The summed E-state index contributed by atoms with van der Waals surface area (Å²) in [6.45, 7) is 8.39. The molecular weight excluding hydrogens is 452 g/mol. The number of nitrogens with one attached hydrogen (secondary N) is 1. The van der Waals surface area contributed by atoms with Crippen LogP contribution >= 0.6 is 0 Å². The fraction of sp³-hybridized carbons (Fsp3) is 0.458. The van der Waals surface area contributed by atoms with Gasteiger partial charge in [-0.2, -0.15) is 4.31 Å². The van der Waals surface area contributed by atoms with Crippen molar-refractivity contribution in [3.8, 4) is 0 Å². The third kappa shape index (κ3) is 5.13. The van der Waals surface area contributed by atoms with E-state index in [1.807, 2.05) is 24.3 Å². The van der Waals surface area contributed by atoms with E-state index in [1.165, 1.54) is 10.5 Å². The summed E-state index contributed by atoms with van der Waals surface area (Å²) in [6.07, 6.45) is 3.83. The second kappa shape index (κ2) is 10.6. The number of carbonyl (C=O) groups excluding carboxylic acids is 1. The molecule has 0 atom stereocenters. The SMILES string of the molecule is CCN(CC)CCn1c(NC(=O)C2CCN(S(=O)(=O)c3cccnc3)CC2)nc2ccccc21. The van der Waals surface area contributed by atoms with E-state index in [-0.39, 0.29) is 16.7 Å². The van der Waals surface area contributed by atoms with Crippen molar-refractivity contribution in [3.63, 3.8) is 0 Å². The van der Waals surface area contributed by atoms with Crippen molar-refractivity contribution in [1.82, 2.24) is 23.7 Å². The average molecular weight is 485 g/mol. The van der Waals surface area contributed by atoms with Crippen molar-refractivity contribution in [2.24, 2.45) is 5.92 Å². The number of amides is 1. The van der Waals surface area contributed by atoms with E-state index in [9.17, 15) is 13.2 Å². The van der Waals surface area contributed by atoms with Crippen LogP contribution in [0.1, 0.15) is 26.7 Å². The van der Waals surface area contributed by atoms with Gasteiger partial charge in [0.2, 0.25) is 21.9 Å². The van der Waals surface area contributed by atoms with E-state index in [0.717, 1.165) is 37.2 Å². The standard InChI is InChI=1S/C24H32N6O3S/c1-3-28(4-2)16-17-30-22-10-6-5-9-21(22)26-24(30)27-23(31)19-11-14-29(15-12-19)34(32,33)20-8-7-13-25-18-20/h5-10,13,18-19H,3-4,11-12,14-17H2,1-2H3,(H,26,27,31). The minimum Gasteiger partial charge on any atom is -0.309 e. The van der Waals surface area contributed by atoms with Crippen LogP contribution in [0.2, 0.25) is 0 Å². The molecular formula is C24H32N6O3S. The Morgan fingerprint density at radius 1 is 1.12 bits per heavy atom. The molecule has 2 aromatic heterocycles. The first-order valence-corrected chi connectivity index (χ1v) is 13.3. The van der Waals surface area contributed by atoms with Gasteiger partial charge in [0.25, 0.3) is 0 Å². The Hall–Kier alpha value is -2.82. The van der Waals surface area contributed by atoms with Gasteiger partial charge in [0, 0.05) is 44.5 Å². The maximum absolute atomic E-state index is 13.1. The third-order valence-electron chi connectivity index (χ3n) is 6.52. The van der Waals surface area contributed by atoms with Crippen LogP contribution in [-0.2, 0) is 21.4 Å². The number of carbonyl (C=O) groups is 1. The number of anilines is 1. The van der Waals surface area contributed by atoms with Crippen LogP contribution in [0.15, 0.2) is 53.7 Å². The molecule has 182 valence electrons. The van der Waals surface area contributed by atoms with Crippen molar-refractivity contribution in [2.75, 3.05) is 38.0 Å². The van der Waals surface area contributed by atoms with Crippen molar-refractivity contribution >= 4 is 32.9 Å². The largest absolute Gasteiger partial charge is 0.309 e. The lowest BCUT2D eigenvalue weighted by Gasteiger charge is -2.30. The molecule has 0 radical (unpaired) electrons. The average Bonchev–Trinajstić information content (AvgIpc) is 3.22. The highest BCUT2D eigenvalue weighted by Crippen LogP contribution is 2.26. The number of pyridine rings is 1. The van der Waals surface area contributed by atoms with Crippen LogP contribution in [0.25, 0.3) is 11.0 Å². The molecule has 1 aromatic carbocycles. The summed E-state index contributed by atoms with van der Waals surface area (Å²) in [4.78, 5) is 24.2. The van der Waals surface area contributed by atoms with Gasteiger partial charge in [-0.3, -0.25) is 15.1 Å². The second-order valence-electron chi connectivity index (χ2n) is 8.46. The Kier molecular flexibility index (Phi) is 7.60. The normalized spacial score (nSPS) is 15.7. The van der Waals surface area contributed by atoms with Crippen molar-refractivity contribution in [1.29, 1.82) is 0 Å². The zero-order valence-electron chi connectivity index (χ0n) is 19.7. The van der Waals surface area contributed by atoms with E-state index < -0.39 is 10.0 Å². The number of rotatable bonds is 9.